The van der Waals surface area contributed by atoms with Crippen LogP contribution in [0.5, 0.6) is 0 Å². The molecule has 0 aromatic carbocycles. The third-order valence-electron chi connectivity index (χ3n) is 1.27. The number of methoxy groups -OCH3 is 1. The van der Waals surface area contributed by atoms with Gasteiger partial charge >= 0.3 is 0 Å². The Labute approximate surface area is 65.1 Å². The summed E-state index contributed by atoms with van der Waals surface area (Å²) in [5, 5.41) is 17.4. The molecule has 2 N–H and O–H groups in total. The number of rotatable bonds is 5. The van der Waals surface area contributed by atoms with E-state index in [0.717, 1.165) is 6.08 Å². The average Bonchev–Trinajstić information content (AvgIpc) is 2.05. The molecule has 0 saturated carbocycles. The summed E-state index contributed by atoms with van der Waals surface area (Å²) in [6, 6.07) is 0. The van der Waals surface area contributed by atoms with Crippen LogP contribution in [0.1, 0.15) is 0 Å². The van der Waals surface area contributed by atoms with Crippen LogP contribution in [0, 0.1) is 0 Å². The maximum atomic E-state index is 10.8. The van der Waals surface area contributed by atoms with Gasteiger partial charge in [0.1, 0.15) is 12.2 Å². The normalized spacial score (nSPS) is 15.5. The zero-order valence-corrected chi connectivity index (χ0v) is 6.36. The van der Waals surface area contributed by atoms with E-state index in [9.17, 15) is 4.79 Å². The number of ether oxygens (including phenoxy) is 1. The van der Waals surface area contributed by atoms with Gasteiger partial charge in [-0.25, -0.2) is 0 Å². The monoisotopic (exact) mass is 160 g/mol. The predicted octanol–water partition coefficient (Wildman–Crippen LogP) is -0.890. The molecular formula is C7H12O4. The van der Waals surface area contributed by atoms with Gasteiger partial charge in [0.15, 0.2) is 5.78 Å². The maximum absolute atomic E-state index is 10.8. The first kappa shape index (κ1) is 10.3. The van der Waals surface area contributed by atoms with E-state index < -0.39 is 24.6 Å². The molecule has 0 aliphatic rings. The summed E-state index contributed by atoms with van der Waals surface area (Å²) in [7, 11) is 1.28. The van der Waals surface area contributed by atoms with Crippen LogP contribution in [0.4, 0.5) is 0 Å². The Morgan fingerprint density at radius 2 is 2.36 bits per heavy atom. The molecule has 2 unspecified atom stereocenters. The standard InChI is InChI=1S/C7H12O4/c1-3-5(9)7(11-2)6(10)4-8/h3,6-8,10H,1,4H2,2H3. The summed E-state index contributed by atoms with van der Waals surface area (Å²) in [5.74, 6) is -0.436. The maximum Gasteiger partial charge on any atom is 0.186 e. The van der Waals surface area contributed by atoms with Crippen molar-refractivity contribution < 1.29 is 19.7 Å². The van der Waals surface area contributed by atoms with Crippen molar-refractivity contribution in [3.05, 3.63) is 12.7 Å². The minimum atomic E-state index is -1.18. The Balaban J connectivity index is 4.14. The number of aliphatic hydroxyl groups is 2. The molecule has 0 aliphatic heterocycles. The molecule has 4 nitrogen and oxygen atoms in total. The van der Waals surface area contributed by atoms with Crippen molar-refractivity contribution in [2.75, 3.05) is 13.7 Å². The van der Waals surface area contributed by atoms with E-state index in [1.807, 2.05) is 0 Å². The summed E-state index contributed by atoms with van der Waals surface area (Å²) in [5.41, 5.74) is 0. The van der Waals surface area contributed by atoms with Crippen LogP contribution in [0.2, 0.25) is 0 Å². The molecule has 2 atom stereocenters. The highest BCUT2D eigenvalue weighted by Crippen LogP contribution is 1.99. The second-order valence-corrected chi connectivity index (χ2v) is 2.01. The Bertz CT molecular complexity index is 143. The van der Waals surface area contributed by atoms with E-state index in [1.54, 1.807) is 0 Å². The quantitative estimate of drug-likeness (QED) is 0.512. The summed E-state index contributed by atoms with van der Waals surface area (Å²) >= 11 is 0. The van der Waals surface area contributed by atoms with E-state index in [2.05, 4.69) is 11.3 Å². The summed E-state index contributed by atoms with van der Waals surface area (Å²) < 4.78 is 4.62. The van der Waals surface area contributed by atoms with Crippen molar-refractivity contribution in [2.24, 2.45) is 0 Å². The van der Waals surface area contributed by atoms with Crippen molar-refractivity contribution in [3.8, 4) is 0 Å². The second-order valence-electron chi connectivity index (χ2n) is 2.01. The van der Waals surface area contributed by atoms with E-state index in [1.165, 1.54) is 7.11 Å². The van der Waals surface area contributed by atoms with Crippen molar-refractivity contribution in [3.63, 3.8) is 0 Å². The Kier molecular flexibility index (Phi) is 4.69. The van der Waals surface area contributed by atoms with Crippen LogP contribution in [-0.4, -0.2) is 41.9 Å². The van der Waals surface area contributed by atoms with Crippen LogP contribution in [0.25, 0.3) is 0 Å². The molecule has 0 aliphatic carbocycles. The van der Waals surface area contributed by atoms with Gasteiger partial charge in [-0.1, -0.05) is 6.58 Å². The van der Waals surface area contributed by atoms with Crippen LogP contribution in [0.15, 0.2) is 12.7 Å². The minimum absolute atomic E-state index is 0.436. The van der Waals surface area contributed by atoms with E-state index in [4.69, 9.17) is 10.2 Å². The smallest absolute Gasteiger partial charge is 0.186 e. The SMILES string of the molecule is C=CC(=O)C(OC)C(O)CO. The lowest BCUT2D eigenvalue weighted by Gasteiger charge is -2.16. The molecule has 0 aromatic heterocycles. The number of carbonyl (C=O) groups is 1. The summed E-state index contributed by atoms with van der Waals surface area (Å²) in [4.78, 5) is 10.8. The molecule has 0 bridgehead atoms. The Hall–Kier alpha value is -0.710. The van der Waals surface area contributed by atoms with Crippen molar-refractivity contribution in [2.45, 2.75) is 12.2 Å². The van der Waals surface area contributed by atoms with E-state index >= 15 is 0 Å². The highest BCUT2D eigenvalue weighted by atomic mass is 16.5. The van der Waals surface area contributed by atoms with Gasteiger partial charge in [0.05, 0.1) is 6.61 Å². The molecule has 0 heterocycles. The van der Waals surface area contributed by atoms with Crippen LogP contribution < -0.4 is 0 Å². The molecule has 0 amide bonds. The highest BCUT2D eigenvalue weighted by molar-refractivity contribution is 5.93. The van der Waals surface area contributed by atoms with Gasteiger partial charge in [-0.3, -0.25) is 4.79 Å². The van der Waals surface area contributed by atoms with Crippen molar-refractivity contribution in [1.82, 2.24) is 0 Å². The fourth-order valence-corrected chi connectivity index (χ4v) is 0.675. The fourth-order valence-electron chi connectivity index (χ4n) is 0.675. The van der Waals surface area contributed by atoms with Gasteiger partial charge in [0.25, 0.3) is 0 Å². The average molecular weight is 160 g/mol. The van der Waals surface area contributed by atoms with Gasteiger partial charge < -0.3 is 14.9 Å². The molecule has 0 fully saturated rings. The topological polar surface area (TPSA) is 66.8 Å². The van der Waals surface area contributed by atoms with Gasteiger partial charge in [-0.05, 0) is 6.08 Å². The minimum Gasteiger partial charge on any atom is -0.394 e. The molecule has 4 heteroatoms. The van der Waals surface area contributed by atoms with Crippen LogP contribution in [-0.2, 0) is 9.53 Å². The molecule has 64 valence electrons. The van der Waals surface area contributed by atoms with Gasteiger partial charge in [-0.15, -0.1) is 0 Å². The second kappa shape index (κ2) is 5.01. The number of hydrogen-bond acceptors (Lipinski definition) is 4. The zero-order valence-electron chi connectivity index (χ0n) is 6.36. The van der Waals surface area contributed by atoms with E-state index in [-0.39, 0.29) is 0 Å². The number of hydrogen-bond donors (Lipinski definition) is 2. The first-order valence-corrected chi connectivity index (χ1v) is 3.15. The van der Waals surface area contributed by atoms with E-state index in [0.29, 0.717) is 0 Å². The lowest BCUT2D eigenvalue weighted by Crippen LogP contribution is -2.37. The fraction of sp³-hybridized carbons (Fsp3) is 0.571. The van der Waals surface area contributed by atoms with Crippen molar-refractivity contribution in [1.29, 1.82) is 0 Å². The number of aliphatic hydroxyl groups excluding tert-OH is 2. The Morgan fingerprint density at radius 1 is 1.82 bits per heavy atom. The van der Waals surface area contributed by atoms with Gasteiger partial charge in [0, 0.05) is 7.11 Å². The van der Waals surface area contributed by atoms with Crippen LogP contribution >= 0.6 is 0 Å². The third kappa shape index (κ3) is 2.80. The molecule has 0 radical (unpaired) electrons. The molecule has 0 saturated heterocycles. The first-order valence-electron chi connectivity index (χ1n) is 3.15. The molecule has 0 spiro atoms. The van der Waals surface area contributed by atoms with Gasteiger partial charge in [0.2, 0.25) is 0 Å². The number of carbonyl (C=O) groups excluding carboxylic acids is 1. The van der Waals surface area contributed by atoms with Crippen molar-refractivity contribution >= 4 is 5.78 Å². The first-order chi connectivity index (χ1) is 5.17. The molecular weight excluding hydrogens is 148 g/mol. The molecule has 0 rings (SSSR count). The zero-order chi connectivity index (χ0) is 8.85. The van der Waals surface area contributed by atoms with Gasteiger partial charge in [-0.2, -0.15) is 0 Å². The highest BCUT2D eigenvalue weighted by Gasteiger charge is 2.23. The third-order valence-corrected chi connectivity index (χ3v) is 1.27. The summed E-state index contributed by atoms with van der Waals surface area (Å²) in [6.45, 7) is 2.72. The summed E-state index contributed by atoms with van der Waals surface area (Å²) in [6.07, 6.45) is -1.13. The molecule has 0 aromatic rings. The number of ketones is 1. The lowest BCUT2D eigenvalue weighted by atomic mass is 10.1. The lowest BCUT2D eigenvalue weighted by molar-refractivity contribution is -0.132. The Morgan fingerprint density at radius 3 is 2.64 bits per heavy atom. The molecule has 11 heavy (non-hydrogen) atoms. The largest absolute Gasteiger partial charge is 0.394 e. The van der Waals surface area contributed by atoms with Crippen LogP contribution in [0.3, 0.4) is 0 Å². The predicted molar refractivity (Wildman–Crippen MR) is 39.1 cm³/mol.